The molecule has 0 bridgehead atoms. The van der Waals surface area contributed by atoms with Gasteiger partial charge >= 0.3 is 6.09 Å². The number of hydrogen-bond acceptors (Lipinski definition) is 5. The van der Waals surface area contributed by atoms with Gasteiger partial charge in [-0.1, -0.05) is 0 Å². The molecule has 1 saturated heterocycles. The highest BCUT2D eigenvalue weighted by Gasteiger charge is 2.32. The first-order valence-corrected chi connectivity index (χ1v) is 7.98. The number of rotatable bonds is 4. The molecule has 2 aliphatic heterocycles. The molecule has 25 heavy (non-hydrogen) atoms. The van der Waals surface area contributed by atoms with Crippen molar-refractivity contribution >= 4 is 29.2 Å². The van der Waals surface area contributed by atoms with Crippen molar-refractivity contribution in [1.82, 2.24) is 10.6 Å². The lowest BCUT2D eigenvalue weighted by Gasteiger charge is -2.18. The molecule has 3 amide bonds. The zero-order valence-corrected chi connectivity index (χ0v) is 13.7. The Bertz CT molecular complexity index is 759. The van der Waals surface area contributed by atoms with Gasteiger partial charge in [-0.15, -0.1) is 0 Å². The summed E-state index contributed by atoms with van der Waals surface area (Å²) >= 11 is 0. The highest BCUT2D eigenvalue weighted by Crippen LogP contribution is 2.33. The molecular weight excluding hydrogens is 326 g/mol. The van der Waals surface area contributed by atoms with Gasteiger partial charge in [0.25, 0.3) is 0 Å². The number of benzene rings is 1. The average Bonchev–Trinajstić information content (AvgIpc) is 2.94. The molecule has 1 atom stereocenters. The molecule has 1 aromatic carbocycles. The maximum atomic E-state index is 12.0. The number of hydrogen-bond donors (Lipinski definition) is 3. The van der Waals surface area contributed by atoms with E-state index >= 15 is 0 Å². The Kier molecular flexibility index (Phi) is 4.60. The molecule has 3 rings (SSSR count). The van der Waals surface area contributed by atoms with Crippen molar-refractivity contribution in [3.05, 3.63) is 29.8 Å². The predicted molar refractivity (Wildman–Crippen MR) is 90.0 cm³/mol. The fraction of sp³-hybridized carbons (Fsp3) is 0.353. The largest absolute Gasteiger partial charge is 0.507 e. The third-order valence-corrected chi connectivity index (χ3v) is 4.09. The minimum Gasteiger partial charge on any atom is -0.507 e. The number of amides is 3. The van der Waals surface area contributed by atoms with E-state index in [4.69, 9.17) is 4.74 Å². The zero-order chi connectivity index (χ0) is 18.0. The van der Waals surface area contributed by atoms with E-state index in [1.807, 2.05) is 0 Å². The molecule has 132 valence electrons. The van der Waals surface area contributed by atoms with Crippen LogP contribution in [0.2, 0.25) is 0 Å². The van der Waals surface area contributed by atoms with E-state index in [-0.39, 0.29) is 30.7 Å². The van der Waals surface area contributed by atoms with Crippen molar-refractivity contribution in [3.8, 4) is 5.75 Å². The molecule has 0 saturated carbocycles. The number of aromatic hydroxyl groups is 1. The van der Waals surface area contributed by atoms with Gasteiger partial charge in [-0.05, 0) is 24.1 Å². The summed E-state index contributed by atoms with van der Waals surface area (Å²) in [4.78, 5) is 35.8. The van der Waals surface area contributed by atoms with E-state index in [0.29, 0.717) is 24.2 Å². The molecule has 8 heteroatoms. The number of nitrogens with zero attached hydrogens (tertiary/aromatic N) is 1. The van der Waals surface area contributed by atoms with E-state index in [9.17, 15) is 19.5 Å². The summed E-state index contributed by atoms with van der Waals surface area (Å²) in [5.41, 5.74) is 1.82. The molecular formula is C17H19N3O5. The summed E-state index contributed by atoms with van der Waals surface area (Å²) in [6, 6.07) is 4.86. The molecule has 0 spiro atoms. The summed E-state index contributed by atoms with van der Waals surface area (Å²) in [6.07, 6.45) is 1.12. The smallest absolute Gasteiger partial charge is 0.414 e. The minimum absolute atomic E-state index is 0.00318. The highest BCUT2D eigenvalue weighted by molar-refractivity contribution is 5.98. The molecule has 0 radical (unpaired) electrons. The Labute approximate surface area is 144 Å². The first-order chi connectivity index (χ1) is 11.9. The number of phenolic OH excluding ortho intramolecular Hbond substituents is 1. The fourth-order valence-corrected chi connectivity index (χ4v) is 2.87. The molecule has 8 nitrogen and oxygen atoms in total. The minimum atomic E-state index is -0.529. The van der Waals surface area contributed by atoms with E-state index < -0.39 is 12.2 Å². The summed E-state index contributed by atoms with van der Waals surface area (Å²) in [7, 11) is 0. The van der Waals surface area contributed by atoms with Gasteiger partial charge in [0.1, 0.15) is 11.9 Å². The number of cyclic esters (lactones) is 1. The van der Waals surface area contributed by atoms with Crippen molar-refractivity contribution in [1.29, 1.82) is 0 Å². The average molecular weight is 345 g/mol. The quantitative estimate of drug-likeness (QED) is 0.746. The Morgan fingerprint density at radius 3 is 2.92 bits per heavy atom. The van der Waals surface area contributed by atoms with Gasteiger partial charge in [-0.25, -0.2) is 4.79 Å². The topological polar surface area (TPSA) is 108 Å². The first kappa shape index (κ1) is 16.8. The number of carbonyl (C=O) groups excluding carboxylic acids is 3. The van der Waals surface area contributed by atoms with Crippen LogP contribution in [0.5, 0.6) is 5.75 Å². The van der Waals surface area contributed by atoms with Crippen LogP contribution in [-0.4, -0.2) is 48.8 Å². The van der Waals surface area contributed by atoms with Crippen molar-refractivity contribution in [2.24, 2.45) is 0 Å². The molecule has 2 heterocycles. The van der Waals surface area contributed by atoms with Crippen molar-refractivity contribution in [2.75, 3.05) is 24.5 Å². The van der Waals surface area contributed by atoms with E-state index in [2.05, 4.69) is 10.6 Å². The van der Waals surface area contributed by atoms with Crippen LogP contribution in [0, 0.1) is 0 Å². The Morgan fingerprint density at radius 2 is 2.24 bits per heavy atom. The Hall–Kier alpha value is -3.03. The van der Waals surface area contributed by atoms with Crippen LogP contribution in [0.3, 0.4) is 0 Å². The molecule has 1 fully saturated rings. The van der Waals surface area contributed by atoms with Crippen LogP contribution in [0.1, 0.15) is 18.9 Å². The highest BCUT2D eigenvalue weighted by atomic mass is 16.6. The van der Waals surface area contributed by atoms with E-state index in [1.54, 1.807) is 12.1 Å². The molecule has 0 aromatic heterocycles. The Balaban J connectivity index is 1.75. The van der Waals surface area contributed by atoms with E-state index in [0.717, 1.165) is 5.57 Å². The van der Waals surface area contributed by atoms with Gasteiger partial charge in [0.15, 0.2) is 0 Å². The first-order valence-electron chi connectivity index (χ1n) is 7.98. The van der Waals surface area contributed by atoms with Crippen LogP contribution in [0.15, 0.2) is 24.3 Å². The van der Waals surface area contributed by atoms with Crippen LogP contribution < -0.4 is 15.5 Å². The number of phenols is 1. The molecule has 0 aliphatic carbocycles. The predicted octanol–water partition coefficient (Wildman–Crippen LogP) is 0.757. The van der Waals surface area contributed by atoms with Crippen LogP contribution >= 0.6 is 0 Å². The molecule has 1 unspecified atom stereocenters. The second-order valence-corrected chi connectivity index (χ2v) is 5.97. The molecule has 1 aromatic rings. The summed E-state index contributed by atoms with van der Waals surface area (Å²) < 4.78 is 5.21. The zero-order valence-electron chi connectivity index (χ0n) is 13.7. The third-order valence-electron chi connectivity index (χ3n) is 4.09. The van der Waals surface area contributed by atoms with Gasteiger partial charge < -0.3 is 20.5 Å². The van der Waals surface area contributed by atoms with Gasteiger partial charge in [-0.3, -0.25) is 14.5 Å². The van der Waals surface area contributed by atoms with Crippen molar-refractivity contribution in [3.63, 3.8) is 0 Å². The number of ether oxygens (including phenoxy) is 1. The second-order valence-electron chi connectivity index (χ2n) is 5.97. The maximum absolute atomic E-state index is 12.0. The second kappa shape index (κ2) is 6.84. The number of anilines is 1. The normalized spacial score (nSPS) is 20.0. The van der Waals surface area contributed by atoms with Crippen LogP contribution in [0.4, 0.5) is 10.5 Å². The maximum Gasteiger partial charge on any atom is 0.414 e. The third kappa shape index (κ3) is 3.73. The summed E-state index contributed by atoms with van der Waals surface area (Å²) in [6.45, 7) is 2.44. The van der Waals surface area contributed by atoms with Gasteiger partial charge in [0, 0.05) is 31.2 Å². The summed E-state index contributed by atoms with van der Waals surface area (Å²) in [5.74, 6) is -0.383. The van der Waals surface area contributed by atoms with E-state index in [1.165, 1.54) is 24.0 Å². The standard InChI is InChI=1S/C17H19N3O5/c1-10(21)19-8-13-9-20(17(24)25-13)12-2-3-14(15(22)7-12)11-4-5-18-16(23)6-11/h2-3,6-7,13,22H,4-5,8-9H2,1H3,(H,18,23)(H,19,21). The number of nitrogens with one attached hydrogen (secondary N) is 2. The number of carbonyl (C=O) groups is 3. The van der Waals surface area contributed by atoms with Gasteiger partial charge in [0.05, 0.1) is 18.8 Å². The Morgan fingerprint density at radius 1 is 1.44 bits per heavy atom. The molecule has 2 aliphatic rings. The SMILES string of the molecule is CC(=O)NCC1CN(c2ccc(C3=CC(=O)NCC3)c(O)c2)C(=O)O1. The van der Waals surface area contributed by atoms with Crippen LogP contribution in [0.25, 0.3) is 5.57 Å². The lowest BCUT2D eigenvalue weighted by atomic mass is 9.98. The fourth-order valence-electron chi connectivity index (χ4n) is 2.87. The monoisotopic (exact) mass is 345 g/mol. The van der Waals surface area contributed by atoms with Crippen LogP contribution in [-0.2, 0) is 14.3 Å². The summed E-state index contributed by atoms with van der Waals surface area (Å²) in [5, 5.41) is 15.6. The molecule has 3 N–H and O–H groups in total. The van der Waals surface area contributed by atoms with Gasteiger partial charge in [-0.2, -0.15) is 0 Å². The van der Waals surface area contributed by atoms with Gasteiger partial charge in [0.2, 0.25) is 11.8 Å². The lowest BCUT2D eigenvalue weighted by molar-refractivity contribution is -0.119. The van der Waals surface area contributed by atoms with Crippen molar-refractivity contribution in [2.45, 2.75) is 19.4 Å². The van der Waals surface area contributed by atoms with Crippen molar-refractivity contribution < 1.29 is 24.2 Å². The lowest BCUT2D eigenvalue weighted by Crippen LogP contribution is -2.33.